The molecule has 0 unspecified atom stereocenters. The van der Waals surface area contributed by atoms with Crippen molar-refractivity contribution < 1.29 is 9.53 Å². The quantitative estimate of drug-likeness (QED) is 0.439. The van der Waals surface area contributed by atoms with E-state index in [4.69, 9.17) is 16.3 Å². The summed E-state index contributed by atoms with van der Waals surface area (Å²) < 4.78 is 6.93. The summed E-state index contributed by atoms with van der Waals surface area (Å²) in [6, 6.07) is 14.5. The molecule has 0 aliphatic carbocycles. The maximum Gasteiger partial charge on any atom is 0.266 e. The average molecular weight is 454 g/mol. The Bertz CT molecular complexity index is 1310. The fraction of sp³-hybridized carbons (Fsp3) is 0.174. The van der Waals surface area contributed by atoms with E-state index in [0.29, 0.717) is 44.5 Å². The standard InChI is InChI=1S/C23H20ClN3O3S/c1-3-30-17-10-8-16(9-11-17)26-21(28)20-14(2)19-22(31-20)25-13-27(23(19)29)12-15-6-4-5-7-18(15)24/h4-11,13H,3,12H2,1-2H3,(H,26,28). The molecule has 0 spiro atoms. The number of halogens is 1. The predicted octanol–water partition coefficient (Wildman–Crippen LogP) is 5.12. The third kappa shape index (κ3) is 4.33. The molecule has 2 heterocycles. The van der Waals surface area contributed by atoms with Crippen LogP contribution < -0.4 is 15.6 Å². The number of nitrogens with one attached hydrogen (secondary N) is 1. The van der Waals surface area contributed by atoms with Crippen molar-refractivity contribution in [2.45, 2.75) is 20.4 Å². The number of carbonyl (C=O) groups is 1. The molecular weight excluding hydrogens is 434 g/mol. The highest BCUT2D eigenvalue weighted by atomic mass is 35.5. The lowest BCUT2D eigenvalue weighted by molar-refractivity contribution is 0.103. The zero-order chi connectivity index (χ0) is 22.0. The highest BCUT2D eigenvalue weighted by Gasteiger charge is 2.20. The molecule has 0 atom stereocenters. The molecular formula is C23H20ClN3O3S. The second-order valence-electron chi connectivity index (χ2n) is 6.92. The summed E-state index contributed by atoms with van der Waals surface area (Å²) in [4.78, 5) is 31.4. The molecule has 1 N–H and O–H groups in total. The van der Waals surface area contributed by atoms with Crippen molar-refractivity contribution in [3.63, 3.8) is 0 Å². The lowest BCUT2D eigenvalue weighted by atomic mass is 10.2. The molecule has 8 heteroatoms. The van der Waals surface area contributed by atoms with Crippen LogP contribution in [0.1, 0.15) is 27.7 Å². The first kappa shape index (κ1) is 21.1. The van der Waals surface area contributed by atoms with Crippen LogP contribution >= 0.6 is 22.9 Å². The van der Waals surface area contributed by atoms with Gasteiger partial charge in [0.1, 0.15) is 10.6 Å². The van der Waals surface area contributed by atoms with Crippen molar-refractivity contribution >= 4 is 44.7 Å². The van der Waals surface area contributed by atoms with E-state index in [2.05, 4.69) is 10.3 Å². The molecule has 0 radical (unpaired) electrons. The van der Waals surface area contributed by atoms with E-state index in [9.17, 15) is 9.59 Å². The minimum Gasteiger partial charge on any atom is -0.494 e. The summed E-state index contributed by atoms with van der Waals surface area (Å²) in [6.07, 6.45) is 1.50. The SMILES string of the molecule is CCOc1ccc(NC(=O)c2sc3ncn(Cc4ccccc4Cl)c(=O)c3c2C)cc1. The number of hydrogen-bond acceptors (Lipinski definition) is 5. The van der Waals surface area contributed by atoms with Gasteiger partial charge < -0.3 is 10.1 Å². The Morgan fingerprint density at radius 3 is 2.65 bits per heavy atom. The minimum atomic E-state index is -0.276. The van der Waals surface area contributed by atoms with E-state index in [-0.39, 0.29) is 11.5 Å². The summed E-state index contributed by atoms with van der Waals surface area (Å²) in [5.41, 5.74) is 1.90. The lowest BCUT2D eigenvalue weighted by Gasteiger charge is -2.07. The van der Waals surface area contributed by atoms with Crippen LogP contribution in [0.2, 0.25) is 5.02 Å². The van der Waals surface area contributed by atoms with Crippen molar-refractivity contribution in [2.75, 3.05) is 11.9 Å². The first-order chi connectivity index (χ1) is 15.0. The lowest BCUT2D eigenvalue weighted by Crippen LogP contribution is -2.21. The molecule has 0 bridgehead atoms. The fourth-order valence-electron chi connectivity index (χ4n) is 3.29. The van der Waals surface area contributed by atoms with Crippen LogP contribution in [-0.2, 0) is 6.54 Å². The molecule has 31 heavy (non-hydrogen) atoms. The molecule has 4 rings (SSSR count). The maximum atomic E-state index is 13.1. The van der Waals surface area contributed by atoms with Crippen LogP contribution in [-0.4, -0.2) is 22.1 Å². The second kappa shape index (κ2) is 8.91. The van der Waals surface area contributed by atoms with Gasteiger partial charge in [0.25, 0.3) is 11.5 Å². The summed E-state index contributed by atoms with van der Waals surface area (Å²) in [7, 11) is 0. The number of anilines is 1. The van der Waals surface area contributed by atoms with Gasteiger partial charge in [-0.1, -0.05) is 29.8 Å². The Kier molecular flexibility index (Phi) is 6.06. The number of ether oxygens (including phenoxy) is 1. The van der Waals surface area contributed by atoms with E-state index in [1.165, 1.54) is 22.2 Å². The zero-order valence-electron chi connectivity index (χ0n) is 17.0. The van der Waals surface area contributed by atoms with Crippen molar-refractivity contribution in [1.82, 2.24) is 9.55 Å². The number of carbonyl (C=O) groups excluding carboxylic acids is 1. The Morgan fingerprint density at radius 1 is 1.19 bits per heavy atom. The number of thiophene rings is 1. The Hall–Kier alpha value is -3.16. The van der Waals surface area contributed by atoms with Crippen LogP contribution in [0.5, 0.6) is 5.75 Å². The summed E-state index contributed by atoms with van der Waals surface area (Å²) in [5, 5.41) is 3.92. The molecule has 1 amide bonds. The van der Waals surface area contributed by atoms with Gasteiger partial charge in [0.05, 0.1) is 29.7 Å². The normalized spacial score (nSPS) is 10.9. The number of benzene rings is 2. The number of aryl methyl sites for hydroxylation is 1. The Balaban J connectivity index is 1.63. The van der Waals surface area contributed by atoms with Crippen molar-refractivity contribution in [3.8, 4) is 5.75 Å². The summed E-state index contributed by atoms with van der Waals surface area (Å²) >= 11 is 7.44. The van der Waals surface area contributed by atoms with Gasteiger partial charge in [-0.05, 0) is 55.3 Å². The minimum absolute atomic E-state index is 0.196. The van der Waals surface area contributed by atoms with Gasteiger partial charge in [-0.25, -0.2) is 4.98 Å². The van der Waals surface area contributed by atoms with Gasteiger partial charge in [-0.3, -0.25) is 14.2 Å². The third-order valence-electron chi connectivity index (χ3n) is 4.85. The van der Waals surface area contributed by atoms with E-state index >= 15 is 0 Å². The number of amides is 1. The van der Waals surface area contributed by atoms with Crippen LogP contribution in [0, 0.1) is 6.92 Å². The van der Waals surface area contributed by atoms with Crippen LogP contribution in [0.4, 0.5) is 5.69 Å². The average Bonchev–Trinajstić information content (AvgIpc) is 3.10. The highest BCUT2D eigenvalue weighted by Crippen LogP contribution is 2.28. The second-order valence-corrected chi connectivity index (χ2v) is 8.32. The largest absolute Gasteiger partial charge is 0.494 e. The topological polar surface area (TPSA) is 73.2 Å². The monoisotopic (exact) mass is 453 g/mol. The molecule has 0 saturated heterocycles. The molecule has 158 valence electrons. The Morgan fingerprint density at radius 2 is 1.94 bits per heavy atom. The van der Waals surface area contributed by atoms with Gasteiger partial charge in [-0.15, -0.1) is 11.3 Å². The van der Waals surface area contributed by atoms with Crippen molar-refractivity contribution in [3.05, 3.63) is 86.2 Å². The first-order valence-corrected chi connectivity index (χ1v) is 10.9. The van der Waals surface area contributed by atoms with E-state index in [0.717, 1.165) is 11.3 Å². The fourth-order valence-corrected chi connectivity index (χ4v) is 4.52. The maximum absolute atomic E-state index is 13.1. The number of nitrogens with zero attached hydrogens (tertiary/aromatic N) is 2. The summed E-state index contributed by atoms with van der Waals surface area (Å²) in [6.45, 7) is 4.57. The molecule has 2 aromatic heterocycles. The van der Waals surface area contributed by atoms with Crippen LogP contribution in [0.25, 0.3) is 10.2 Å². The van der Waals surface area contributed by atoms with E-state index in [1.807, 2.05) is 25.1 Å². The van der Waals surface area contributed by atoms with Crippen molar-refractivity contribution in [1.29, 1.82) is 0 Å². The number of rotatable bonds is 6. The van der Waals surface area contributed by atoms with Gasteiger partial charge in [0, 0.05) is 10.7 Å². The first-order valence-electron chi connectivity index (χ1n) is 9.74. The van der Waals surface area contributed by atoms with Gasteiger partial charge >= 0.3 is 0 Å². The molecule has 0 saturated carbocycles. The smallest absolute Gasteiger partial charge is 0.266 e. The van der Waals surface area contributed by atoms with Gasteiger partial charge in [0.2, 0.25) is 0 Å². The molecule has 0 aliphatic rings. The predicted molar refractivity (Wildman–Crippen MR) is 125 cm³/mol. The molecule has 0 fully saturated rings. The number of hydrogen-bond donors (Lipinski definition) is 1. The number of aromatic nitrogens is 2. The van der Waals surface area contributed by atoms with Gasteiger partial charge in [-0.2, -0.15) is 0 Å². The van der Waals surface area contributed by atoms with E-state index in [1.54, 1.807) is 37.3 Å². The van der Waals surface area contributed by atoms with Gasteiger partial charge in [0.15, 0.2) is 0 Å². The van der Waals surface area contributed by atoms with Crippen molar-refractivity contribution in [2.24, 2.45) is 0 Å². The molecule has 4 aromatic rings. The molecule has 6 nitrogen and oxygen atoms in total. The van der Waals surface area contributed by atoms with Crippen LogP contribution in [0.15, 0.2) is 59.7 Å². The molecule has 0 aliphatic heterocycles. The Labute approximate surface area is 188 Å². The summed E-state index contributed by atoms with van der Waals surface area (Å²) in [5.74, 6) is 0.462. The molecule has 2 aromatic carbocycles. The number of fused-ring (bicyclic) bond motifs is 1. The zero-order valence-corrected chi connectivity index (χ0v) is 18.6. The highest BCUT2D eigenvalue weighted by molar-refractivity contribution is 7.20. The van der Waals surface area contributed by atoms with E-state index < -0.39 is 0 Å². The van der Waals surface area contributed by atoms with Crippen LogP contribution in [0.3, 0.4) is 0 Å². The third-order valence-corrected chi connectivity index (χ3v) is 6.41.